The number of aliphatic hydroxyl groups is 1. The number of carbonyl (C=O) groups excluding carboxylic acids is 1. The van der Waals surface area contributed by atoms with Gasteiger partial charge in [-0.2, -0.15) is 0 Å². The van der Waals surface area contributed by atoms with E-state index in [0.717, 1.165) is 22.4 Å². The van der Waals surface area contributed by atoms with Crippen LogP contribution in [0.2, 0.25) is 0 Å². The van der Waals surface area contributed by atoms with Crippen LogP contribution in [0.15, 0.2) is 73.1 Å². The molecule has 0 aliphatic carbocycles. The van der Waals surface area contributed by atoms with E-state index in [1.807, 2.05) is 54.6 Å². The van der Waals surface area contributed by atoms with Crippen molar-refractivity contribution >= 4 is 22.5 Å². The van der Waals surface area contributed by atoms with E-state index >= 15 is 0 Å². The lowest BCUT2D eigenvalue weighted by atomic mass is 10.0. The molecular weight excluding hydrogens is 378 g/mol. The van der Waals surface area contributed by atoms with E-state index in [0.29, 0.717) is 28.7 Å². The van der Waals surface area contributed by atoms with Gasteiger partial charge in [-0.05, 0) is 29.3 Å². The maximum atomic E-state index is 12.2. The van der Waals surface area contributed by atoms with E-state index < -0.39 is 0 Å². The number of benzene rings is 2. The summed E-state index contributed by atoms with van der Waals surface area (Å²) in [6.45, 7) is 0.619. The molecule has 0 saturated carbocycles. The summed E-state index contributed by atoms with van der Waals surface area (Å²) in [5.41, 5.74) is 8.09. The monoisotopic (exact) mass is 400 g/mol. The maximum Gasteiger partial charge on any atom is 0.266 e. The van der Waals surface area contributed by atoms with Crippen molar-refractivity contribution in [3.63, 3.8) is 0 Å². The van der Waals surface area contributed by atoms with Crippen molar-refractivity contribution in [2.75, 3.05) is 18.5 Å². The molecule has 0 aliphatic heterocycles. The summed E-state index contributed by atoms with van der Waals surface area (Å²) in [6, 6.07) is 19.6. The van der Waals surface area contributed by atoms with Gasteiger partial charge in [-0.1, -0.05) is 36.4 Å². The number of pyridine rings is 2. The number of amides is 1. The van der Waals surface area contributed by atoms with E-state index in [1.165, 1.54) is 0 Å². The fraction of sp³-hybridized carbons (Fsp3) is 0.0870. The molecule has 1 amide bonds. The first-order valence-corrected chi connectivity index (χ1v) is 9.57. The highest BCUT2D eigenvalue weighted by atomic mass is 16.3. The summed E-state index contributed by atoms with van der Waals surface area (Å²) < 4.78 is 0. The Hall–Kier alpha value is -3.81. The largest absolute Gasteiger partial charge is 0.395 e. The van der Waals surface area contributed by atoms with E-state index in [-0.39, 0.29) is 12.5 Å². The van der Waals surface area contributed by atoms with Gasteiger partial charge in [-0.3, -0.25) is 10.2 Å². The third kappa shape index (κ3) is 3.98. The highest BCUT2D eigenvalue weighted by molar-refractivity contribution is 6.06. The van der Waals surface area contributed by atoms with Crippen LogP contribution in [0.3, 0.4) is 0 Å². The van der Waals surface area contributed by atoms with Crippen molar-refractivity contribution in [1.29, 1.82) is 0 Å². The summed E-state index contributed by atoms with van der Waals surface area (Å²) in [5.74, 6) is 4.99. The fourth-order valence-electron chi connectivity index (χ4n) is 3.34. The number of fused-ring (bicyclic) bond motifs is 1. The molecule has 150 valence electrons. The number of nitrogens with one attached hydrogen (secondary N) is 3. The summed E-state index contributed by atoms with van der Waals surface area (Å²) in [6.07, 6.45) is 3.50. The number of nitrogens with zero attached hydrogens (tertiary/aromatic N) is 1. The number of nitrogens with two attached hydrogens (primary N) is 1. The second-order valence-electron chi connectivity index (χ2n) is 6.78. The first-order valence-electron chi connectivity index (χ1n) is 9.57. The van der Waals surface area contributed by atoms with Crippen LogP contribution in [-0.2, 0) is 0 Å². The molecule has 0 fully saturated rings. The number of H-pyrrole nitrogens is 1. The molecule has 0 bridgehead atoms. The first-order chi connectivity index (χ1) is 14.7. The Kier molecular flexibility index (Phi) is 5.65. The van der Waals surface area contributed by atoms with Crippen LogP contribution in [0.1, 0.15) is 10.4 Å². The number of hydrogen-bond donors (Lipinski definition) is 4. The molecule has 7 heteroatoms. The number of aromatic amines is 1. The van der Waals surface area contributed by atoms with E-state index in [4.69, 9.17) is 15.9 Å². The summed E-state index contributed by atoms with van der Waals surface area (Å²) >= 11 is 0. The number of rotatable bonds is 6. The van der Waals surface area contributed by atoms with Gasteiger partial charge < -0.3 is 10.4 Å². The second-order valence-corrected chi connectivity index (χ2v) is 6.78. The molecule has 2 aromatic carbocycles. The molecule has 7 nitrogen and oxygen atoms in total. The minimum atomic E-state index is -0.366. The van der Waals surface area contributed by atoms with Gasteiger partial charge in [0.15, 0.2) is 12.4 Å². The van der Waals surface area contributed by atoms with Crippen molar-refractivity contribution in [2.24, 2.45) is 5.84 Å². The van der Waals surface area contributed by atoms with E-state index in [1.54, 1.807) is 18.5 Å². The summed E-state index contributed by atoms with van der Waals surface area (Å²) in [7, 11) is 0. The van der Waals surface area contributed by atoms with Crippen molar-refractivity contribution in [1.82, 2.24) is 10.4 Å². The number of aromatic nitrogens is 2. The van der Waals surface area contributed by atoms with E-state index in [9.17, 15) is 4.79 Å². The Morgan fingerprint density at radius 2 is 1.67 bits per heavy atom. The Bertz CT molecular complexity index is 1170. The Labute approximate surface area is 173 Å². The number of aliphatic hydroxyl groups excluding tert-OH is 1. The minimum absolute atomic E-state index is 0.0962. The Morgan fingerprint density at radius 3 is 2.33 bits per heavy atom. The SMILES string of the molecule is NNC(=O)c1cc(-c2ccc(-c3ccc(NCCO)cc3)cc2)nc2cc[nH+]cc12. The Balaban J connectivity index is 1.66. The van der Waals surface area contributed by atoms with Crippen LogP contribution in [0, 0.1) is 0 Å². The fourth-order valence-corrected chi connectivity index (χ4v) is 3.34. The van der Waals surface area contributed by atoms with Gasteiger partial charge in [0, 0.05) is 23.9 Å². The van der Waals surface area contributed by atoms with Gasteiger partial charge in [0.1, 0.15) is 0 Å². The third-order valence-corrected chi connectivity index (χ3v) is 4.87. The number of nitrogen functional groups attached to an aromatic ring is 1. The standard InChI is InChI=1S/C23H21N5O2/c24-28-23(30)19-13-22(27-21-9-10-25-14-20(19)21)17-3-1-15(2-4-17)16-5-7-18(8-6-16)26-11-12-29/h1-10,13-14,26,29H,11-12,24H2,(H,28,30)/p+1. The zero-order valence-corrected chi connectivity index (χ0v) is 16.2. The van der Waals surface area contributed by atoms with Gasteiger partial charge >= 0.3 is 0 Å². The molecule has 0 aliphatic rings. The molecule has 0 atom stereocenters. The van der Waals surface area contributed by atoms with Crippen molar-refractivity contribution in [2.45, 2.75) is 0 Å². The van der Waals surface area contributed by atoms with Gasteiger partial charge in [0.05, 0.1) is 28.8 Å². The van der Waals surface area contributed by atoms with Crippen LogP contribution in [0.25, 0.3) is 33.3 Å². The van der Waals surface area contributed by atoms with Crippen LogP contribution in [0.5, 0.6) is 0 Å². The predicted molar refractivity (Wildman–Crippen MR) is 116 cm³/mol. The lowest BCUT2D eigenvalue weighted by Crippen LogP contribution is -2.30. The first kappa shape index (κ1) is 19.5. The molecule has 0 saturated heterocycles. The molecule has 0 unspecified atom stereocenters. The minimum Gasteiger partial charge on any atom is -0.395 e. The molecule has 0 radical (unpaired) electrons. The molecule has 4 aromatic rings. The maximum absolute atomic E-state index is 12.2. The lowest BCUT2D eigenvalue weighted by molar-refractivity contribution is -0.375. The lowest BCUT2D eigenvalue weighted by Gasteiger charge is -2.09. The third-order valence-electron chi connectivity index (χ3n) is 4.87. The highest BCUT2D eigenvalue weighted by Gasteiger charge is 2.15. The zero-order valence-electron chi connectivity index (χ0n) is 16.2. The Morgan fingerprint density at radius 1 is 1.00 bits per heavy atom. The normalized spacial score (nSPS) is 10.7. The van der Waals surface area contributed by atoms with Crippen molar-refractivity contribution in [3.8, 4) is 22.4 Å². The summed E-state index contributed by atoms with van der Waals surface area (Å²) in [5, 5.41) is 12.7. The molecule has 4 rings (SSSR count). The predicted octanol–water partition coefficient (Wildman–Crippen LogP) is 2.39. The molecule has 2 heterocycles. The number of hydrogen-bond acceptors (Lipinski definition) is 5. The van der Waals surface area contributed by atoms with Crippen LogP contribution in [0.4, 0.5) is 5.69 Å². The smallest absolute Gasteiger partial charge is 0.266 e. The second kappa shape index (κ2) is 8.69. The van der Waals surface area contributed by atoms with Gasteiger partial charge in [-0.25, -0.2) is 15.8 Å². The topological polar surface area (TPSA) is 114 Å². The van der Waals surface area contributed by atoms with Crippen LogP contribution < -0.4 is 21.6 Å². The average Bonchev–Trinajstić information content (AvgIpc) is 2.82. The number of carbonyl (C=O) groups is 1. The van der Waals surface area contributed by atoms with Gasteiger partial charge in [0.25, 0.3) is 5.91 Å². The zero-order chi connectivity index (χ0) is 20.9. The van der Waals surface area contributed by atoms with Gasteiger partial charge in [0.2, 0.25) is 0 Å². The van der Waals surface area contributed by atoms with Crippen LogP contribution >= 0.6 is 0 Å². The molecule has 6 N–H and O–H groups in total. The number of anilines is 1. The van der Waals surface area contributed by atoms with Crippen LogP contribution in [-0.4, -0.2) is 29.1 Å². The molecule has 0 spiro atoms. The molecule has 2 aromatic heterocycles. The van der Waals surface area contributed by atoms with E-state index in [2.05, 4.69) is 15.7 Å². The number of hydrazine groups is 1. The highest BCUT2D eigenvalue weighted by Crippen LogP contribution is 2.27. The molecule has 30 heavy (non-hydrogen) atoms. The summed E-state index contributed by atoms with van der Waals surface area (Å²) in [4.78, 5) is 19.9. The van der Waals surface area contributed by atoms with Gasteiger partial charge in [-0.15, -0.1) is 0 Å². The van der Waals surface area contributed by atoms with Crippen molar-refractivity contribution < 1.29 is 14.9 Å². The quantitative estimate of drug-likeness (QED) is 0.225. The molecular formula is C23H22N5O2+. The average molecular weight is 400 g/mol. The van der Waals surface area contributed by atoms with Crippen molar-refractivity contribution in [3.05, 3.63) is 78.6 Å².